The van der Waals surface area contributed by atoms with Crippen LogP contribution in [0.5, 0.6) is 5.75 Å². The third-order valence-corrected chi connectivity index (χ3v) is 3.74. The third kappa shape index (κ3) is 2.22. The summed E-state index contributed by atoms with van der Waals surface area (Å²) in [5, 5.41) is 0. The van der Waals surface area contributed by atoms with Crippen LogP contribution in [-0.2, 0) is 0 Å². The molecule has 0 aliphatic heterocycles. The zero-order chi connectivity index (χ0) is 11.5. The van der Waals surface area contributed by atoms with Crippen molar-refractivity contribution < 1.29 is 4.74 Å². The zero-order valence-corrected chi connectivity index (χ0v) is 10.2. The minimum absolute atomic E-state index is 0.202. The molecule has 0 unspecified atom stereocenters. The van der Waals surface area contributed by atoms with Gasteiger partial charge >= 0.3 is 0 Å². The van der Waals surface area contributed by atoms with Gasteiger partial charge in [0.1, 0.15) is 5.75 Å². The second kappa shape index (κ2) is 4.88. The van der Waals surface area contributed by atoms with E-state index < -0.39 is 0 Å². The average Bonchev–Trinajstić information content (AvgIpc) is 2.81. The molecule has 1 aromatic carbocycles. The molecule has 2 N–H and O–H groups in total. The van der Waals surface area contributed by atoms with Gasteiger partial charge in [0.25, 0.3) is 0 Å². The summed E-state index contributed by atoms with van der Waals surface area (Å²) in [6.45, 7) is 2.12. The summed E-state index contributed by atoms with van der Waals surface area (Å²) in [5.41, 5.74) is 8.89. The van der Waals surface area contributed by atoms with Crippen molar-refractivity contribution in [2.24, 2.45) is 11.7 Å². The van der Waals surface area contributed by atoms with Gasteiger partial charge in [-0.05, 0) is 48.9 Å². The van der Waals surface area contributed by atoms with E-state index in [9.17, 15) is 0 Å². The largest absolute Gasteiger partial charge is 0.497 e. The Bertz CT molecular complexity index is 356. The molecule has 2 nitrogen and oxygen atoms in total. The highest BCUT2D eigenvalue weighted by atomic mass is 16.5. The van der Waals surface area contributed by atoms with Crippen LogP contribution in [0.1, 0.15) is 42.9 Å². The van der Waals surface area contributed by atoms with Crippen LogP contribution in [0.25, 0.3) is 0 Å². The average molecular weight is 219 g/mol. The highest BCUT2D eigenvalue weighted by Crippen LogP contribution is 2.35. The van der Waals surface area contributed by atoms with E-state index in [1.165, 1.54) is 36.8 Å². The molecule has 1 fully saturated rings. The molecule has 1 aliphatic carbocycles. The number of nitrogens with two attached hydrogens (primary N) is 1. The van der Waals surface area contributed by atoms with Gasteiger partial charge in [-0.25, -0.2) is 0 Å². The zero-order valence-electron chi connectivity index (χ0n) is 10.2. The smallest absolute Gasteiger partial charge is 0.119 e. The number of rotatable bonds is 3. The number of methoxy groups -OCH3 is 1. The van der Waals surface area contributed by atoms with E-state index in [1.807, 2.05) is 6.07 Å². The number of benzene rings is 1. The van der Waals surface area contributed by atoms with Crippen LogP contribution in [0.4, 0.5) is 0 Å². The van der Waals surface area contributed by atoms with Crippen LogP contribution in [-0.4, -0.2) is 7.11 Å². The molecule has 0 radical (unpaired) electrons. The monoisotopic (exact) mass is 219 g/mol. The Hall–Kier alpha value is -1.02. The fourth-order valence-electron chi connectivity index (χ4n) is 2.72. The lowest BCUT2D eigenvalue weighted by Crippen LogP contribution is -2.20. The van der Waals surface area contributed by atoms with Crippen LogP contribution < -0.4 is 10.5 Å². The summed E-state index contributed by atoms with van der Waals surface area (Å²) in [7, 11) is 1.70. The van der Waals surface area contributed by atoms with Crippen molar-refractivity contribution >= 4 is 0 Å². The van der Waals surface area contributed by atoms with Gasteiger partial charge in [0.2, 0.25) is 0 Å². The molecule has 0 spiro atoms. The van der Waals surface area contributed by atoms with Crippen molar-refractivity contribution in [1.29, 1.82) is 0 Å². The van der Waals surface area contributed by atoms with Gasteiger partial charge in [0.05, 0.1) is 7.11 Å². The van der Waals surface area contributed by atoms with E-state index in [-0.39, 0.29) is 6.04 Å². The first-order chi connectivity index (χ1) is 7.72. The predicted octanol–water partition coefficient (Wildman–Crippen LogP) is 3.19. The Morgan fingerprint density at radius 2 is 2.00 bits per heavy atom. The Kier molecular flexibility index (Phi) is 3.49. The first kappa shape index (κ1) is 11.5. The molecule has 1 saturated carbocycles. The summed E-state index contributed by atoms with van der Waals surface area (Å²) < 4.78 is 5.21. The van der Waals surface area contributed by atoms with E-state index >= 15 is 0 Å². The van der Waals surface area contributed by atoms with Crippen molar-refractivity contribution in [3.63, 3.8) is 0 Å². The molecular weight excluding hydrogens is 198 g/mol. The lowest BCUT2D eigenvalue weighted by atomic mass is 9.90. The molecule has 0 heterocycles. The maximum absolute atomic E-state index is 6.35. The SMILES string of the molecule is COc1ccc([C@@H](N)C2CCCC2)c(C)c1. The van der Waals surface area contributed by atoms with E-state index in [0.29, 0.717) is 5.92 Å². The van der Waals surface area contributed by atoms with Crippen LogP contribution in [0.2, 0.25) is 0 Å². The van der Waals surface area contributed by atoms with Crippen molar-refractivity contribution in [3.05, 3.63) is 29.3 Å². The van der Waals surface area contributed by atoms with E-state index in [2.05, 4.69) is 19.1 Å². The summed E-state index contributed by atoms with van der Waals surface area (Å²) in [5.74, 6) is 1.59. The number of hydrogen-bond acceptors (Lipinski definition) is 2. The topological polar surface area (TPSA) is 35.2 Å². The lowest BCUT2D eigenvalue weighted by molar-refractivity contribution is 0.412. The maximum Gasteiger partial charge on any atom is 0.119 e. The summed E-state index contributed by atoms with van der Waals surface area (Å²) in [6.07, 6.45) is 5.25. The Morgan fingerprint density at radius 1 is 1.31 bits per heavy atom. The minimum atomic E-state index is 0.202. The van der Waals surface area contributed by atoms with Gasteiger partial charge < -0.3 is 10.5 Å². The van der Waals surface area contributed by atoms with E-state index in [0.717, 1.165) is 5.75 Å². The minimum Gasteiger partial charge on any atom is -0.497 e. The van der Waals surface area contributed by atoms with Gasteiger partial charge in [0.15, 0.2) is 0 Å². The molecule has 0 aromatic heterocycles. The van der Waals surface area contributed by atoms with Gasteiger partial charge in [-0.1, -0.05) is 18.9 Å². The van der Waals surface area contributed by atoms with Crippen molar-refractivity contribution in [3.8, 4) is 5.75 Å². The first-order valence-electron chi connectivity index (χ1n) is 6.12. The van der Waals surface area contributed by atoms with Gasteiger partial charge in [-0.2, -0.15) is 0 Å². The highest BCUT2D eigenvalue weighted by molar-refractivity contribution is 5.36. The van der Waals surface area contributed by atoms with Crippen LogP contribution >= 0.6 is 0 Å². The standard InChI is InChI=1S/C14H21NO/c1-10-9-12(16-2)7-8-13(10)14(15)11-5-3-4-6-11/h7-9,11,14H,3-6,15H2,1-2H3/t14-/m0/s1. The van der Waals surface area contributed by atoms with Crippen LogP contribution in [0, 0.1) is 12.8 Å². The second-order valence-electron chi connectivity index (χ2n) is 4.79. The predicted molar refractivity (Wildman–Crippen MR) is 66.6 cm³/mol. The summed E-state index contributed by atoms with van der Waals surface area (Å²) in [6, 6.07) is 6.41. The van der Waals surface area contributed by atoms with Crippen molar-refractivity contribution in [2.45, 2.75) is 38.6 Å². The highest BCUT2D eigenvalue weighted by Gasteiger charge is 2.24. The number of ether oxygens (including phenoxy) is 1. The van der Waals surface area contributed by atoms with Crippen molar-refractivity contribution in [1.82, 2.24) is 0 Å². The molecule has 1 aliphatic rings. The molecule has 2 rings (SSSR count). The normalized spacial score (nSPS) is 18.7. The van der Waals surface area contributed by atoms with Gasteiger partial charge in [0, 0.05) is 6.04 Å². The fraction of sp³-hybridized carbons (Fsp3) is 0.571. The Morgan fingerprint density at radius 3 is 2.56 bits per heavy atom. The molecule has 2 heteroatoms. The lowest BCUT2D eigenvalue weighted by Gasteiger charge is -2.21. The maximum atomic E-state index is 6.35. The number of aryl methyl sites for hydroxylation is 1. The molecule has 0 amide bonds. The summed E-state index contributed by atoms with van der Waals surface area (Å²) in [4.78, 5) is 0. The van der Waals surface area contributed by atoms with Gasteiger partial charge in [-0.15, -0.1) is 0 Å². The Balaban J connectivity index is 2.19. The molecule has 0 bridgehead atoms. The summed E-state index contributed by atoms with van der Waals surface area (Å²) >= 11 is 0. The molecular formula is C14H21NO. The Labute approximate surface area is 97.8 Å². The van der Waals surface area contributed by atoms with Crippen LogP contribution in [0.3, 0.4) is 0 Å². The molecule has 1 atom stereocenters. The molecule has 0 saturated heterocycles. The van der Waals surface area contributed by atoms with Crippen molar-refractivity contribution in [2.75, 3.05) is 7.11 Å². The quantitative estimate of drug-likeness (QED) is 0.847. The molecule has 16 heavy (non-hydrogen) atoms. The van der Waals surface area contributed by atoms with Gasteiger partial charge in [-0.3, -0.25) is 0 Å². The fourth-order valence-corrected chi connectivity index (χ4v) is 2.72. The molecule has 1 aromatic rings. The van der Waals surface area contributed by atoms with E-state index in [4.69, 9.17) is 10.5 Å². The third-order valence-electron chi connectivity index (χ3n) is 3.74. The van der Waals surface area contributed by atoms with Crippen LogP contribution in [0.15, 0.2) is 18.2 Å². The number of hydrogen-bond donors (Lipinski definition) is 1. The molecule has 88 valence electrons. The first-order valence-corrected chi connectivity index (χ1v) is 6.12. The van der Waals surface area contributed by atoms with E-state index in [1.54, 1.807) is 7.11 Å². The second-order valence-corrected chi connectivity index (χ2v) is 4.79.